The van der Waals surface area contributed by atoms with Crippen molar-refractivity contribution in [1.82, 2.24) is 0 Å². The van der Waals surface area contributed by atoms with Crippen LogP contribution in [0.3, 0.4) is 0 Å². The zero-order valence-electron chi connectivity index (χ0n) is 15.1. The van der Waals surface area contributed by atoms with Gasteiger partial charge >= 0.3 is 5.97 Å². The molecule has 0 saturated heterocycles. The maximum atomic E-state index is 13.1. The highest BCUT2D eigenvalue weighted by atomic mass is 32.2. The summed E-state index contributed by atoms with van der Waals surface area (Å²) < 4.78 is 31.8. The molecule has 9 heteroatoms. The molecule has 0 aliphatic rings. The van der Waals surface area contributed by atoms with Crippen molar-refractivity contribution >= 4 is 21.5 Å². The van der Waals surface area contributed by atoms with Crippen LogP contribution in [-0.2, 0) is 9.84 Å². The normalized spacial score (nSPS) is 11.1. The highest BCUT2D eigenvalue weighted by Gasteiger charge is 2.27. The number of hydrogen-bond donors (Lipinski definition) is 1. The van der Waals surface area contributed by atoms with Crippen molar-refractivity contribution in [3.63, 3.8) is 0 Å². The van der Waals surface area contributed by atoms with E-state index in [4.69, 9.17) is 4.74 Å². The van der Waals surface area contributed by atoms with Crippen molar-refractivity contribution in [1.29, 1.82) is 0 Å². The topological polar surface area (TPSA) is 124 Å². The SMILES string of the molecule is Cc1ccc(S(=O)(=O)c2cc(Oc3ccccc3)ccc2C(=O)O)cc1[N+](=O)[O-]. The number of nitro benzene ring substituents is 1. The van der Waals surface area contributed by atoms with Crippen molar-refractivity contribution in [2.45, 2.75) is 16.7 Å². The van der Waals surface area contributed by atoms with Crippen LogP contribution in [0.4, 0.5) is 5.69 Å². The molecule has 0 unspecified atom stereocenters. The summed E-state index contributed by atoms with van der Waals surface area (Å²) in [6.45, 7) is 1.48. The Hall–Kier alpha value is -3.72. The molecule has 0 amide bonds. The smallest absolute Gasteiger partial charge is 0.337 e. The number of para-hydroxylation sites is 1. The number of rotatable bonds is 6. The number of benzene rings is 3. The molecule has 0 saturated carbocycles. The molecule has 3 aromatic rings. The maximum Gasteiger partial charge on any atom is 0.337 e. The van der Waals surface area contributed by atoms with Crippen LogP contribution in [0.15, 0.2) is 76.5 Å². The Bertz CT molecular complexity index is 1200. The fourth-order valence-corrected chi connectivity index (χ4v) is 4.15. The van der Waals surface area contributed by atoms with Gasteiger partial charge in [-0.1, -0.05) is 24.3 Å². The van der Waals surface area contributed by atoms with Crippen LogP contribution in [0, 0.1) is 17.0 Å². The van der Waals surface area contributed by atoms with E-state index in [-0.39, 0.29) is 21.9 Å². The Balaban J connectivity index is 2.14. The van der Waals surface area contributed by atoms with Gasteiger partial charge in [-0.3, -0.25) is 10.1 Å². The molecule has 0 bridgehead atoms. The van der Waals surface area contributed by atoms with Gasteiger partial charge < -0.3 is 9.84 Å². The Labute approximate surface area is 166 Å². The summed E-state index contributed by atoms with van der Waals surface area (Å²) in [5.41, 5.74) is -0.554. The number of aryl methyl sites for hydroxylation is 1. The lowest BCUT2D eigenvalue weighted by atomic mass is 10.2. The van der Waals surface area contributed by atoms with Crippen LogP contribution in [0.5, 0.6) is 11.5 Å². The van der Waals surface area contributed by atoms with E-state index in [9.17, 15) is 28.4 Å². The highest BCUT2D eigenvalue weighted by molar-refractivity contribution is 7.91. The van der Waals surface area contributed by atoms with Gasteiger partial charge in [-0.15, -0.1) is 0 Å². The number of carboxylic acids is 1. The van der Waals surface area contributed by atoms with Crippen LogP contribution < -0.4 is 4.74 Å². The standard InChI is InChI=1S/C20H15NO7S/c1-13-7-9-16(12-18(13)21(24)25)29(26,27)19-11-15(8-10-17(19)20(22)23)28-14-5-3-2-4-6-14/h2-12H,1H3,(H,22,23). The predicted molar refractivity (Wildman–Crippen MR) is 103 cm³/mol. The number of carbonyl (C=O) groups is 1. The summed E-state index contributed by atoms with van der Waals surface area (Å²) >= 11 is 0. The molecule has 8 nitrogen and oxygen atoms in total. The summed E-state index contributed by atoms with van der Waals surface area (Å²) in [4.78, 5) is 21.2. The zero-order chi connectivity index (χ0) is 21.2. The minimum atomic E-state index is -4.37. The molecular weight excluding hydrogens is 398 g/mol. The average Bonchev–Trinajstić information content (AvgIpc) is 2.68. The molecule has 0 aliphatic carbocycles. The minimum absolute atomic E-state index is 0.112. The van der Waals surface area contributed by atoms with Crippen molar-refractivity contribution in [3.05, 3.63) is 88.0 Å². The lowest BCUT2D eigenvalue weighted by molar-refractivity contribution is -0.385. The van der Waals surface area contributed by atoms with E-state index in [0.717, 1.165) is 18.2 Å². The van der Waals surface area contributed by atoms with Gasteiger partial charge in [-0.05, 0) is 37.3 Å². The first-order chi connectivity index (χ1) is 13.7. The van der Waals surface area contributed by atoms with Gasteiger partial charge in [0.15, 0.2) is 0 Å². The van der Waals surface area contributed by atoms with Gasteiger partial charge in [0.2, 0.25) is 9.84 Å². The molecule has 0 fully saturated rings. The molecule has 0 radical (unpaired) electrons. The summed E-state index contributed by atoms with van der Waals surface area (Å²) in [6, 6.07) is 15.5. The van der Waals surface area contributed by atoms with Crippen molar-refractivity contribution in [3.8, 4) is 11.5 Å². The third-order valence-electron chi connectivity index (χ3n) is 4.14. The first-order valence-electron chi connectivity index (χ1n) is 8.30. The van der Waals surface area contributed by atoms with Gasteiger partial charge in [0.1, 0.15) is 11.5 Å². The van der Waals surface area contributed by atoms with Crippen molar-refractivity contribution in [2.75, 3.05) is 0 Å². The quantitative estimate of drug-likeness (QED) is 0.474. The van der Waals surface area contributed by atoms with E-state index in [1.54, 1.807) is 30.3 Å². The van der Waals surface area contributed by atoms with Gasteiger partial charge in [0, 0.05) is 17.7 Å². The molecule has 0 aromatic heterocycles. The van der Waals surface area contributed by atoms with E-state index >= 15 is 0 Å². The zero-order valence-corrected chi connectivity index (χ0v) is 15.9. The van der Waals surface area contributed by atoms with Gasteiger partial charge in [-0.2, -0.15) is 0 Å². The number of carboxylic acid groups (broad SMARTS) is 1. The van der Waals surface area contributed by atoms with Crippen molar-refractivity contribution < 1.29 is 28.0 Å². The fraction of sp³-hybridized carbons (Fsp3) is 0.0500. The van der Waals surface area contributed by atoms with Crippen LogP contribution in [0.1, 0.15) is 15.9 Å². The molecule has 0 heterocycles. The summed E-state index contributed by atoms with van der Waals surface area (Å²) in [5.74, 6) is -0.900. The second-order valence-electron chi connectivity index (χ2n) is 6.09. The number of hydrogen-bond acceptors (Lipinski definition) is 6. The molecule has 148 valence electrons. The first kappa shape index (κ1) is 20.0. The van der Waals surface area contributed by atoms with Gasteiger partial charge in [-0.25, -0.2) is 13.2 Å². The second-order valence-corrected chi connectivity index (χ2v) is 8.01. The Morgan fingerprint density at radius 3 is 2.31 bits per heavy atom. The summed E-state index contributed by atoms with van der Waals surface area (Å²) in [5, 5.41) is 20.6. The van der Waals surface area contributed by atoms with Crippen molar-refractivity contribution in [2.24, 2.45) is 0 Å². The third kappa shape index (κ3) is 4.09. The number of nitrogens with zero attached hydrogens (tertiary/aromatic N) is 1. The van der Waals surface area contributed by atoms with Gasteiger partial charge in [0.25, 0.3) is 5.69 Å². The maximum absolute atomic E-state index is 13.1. The van der Waals surface area contributed by atoms with Crippen LogP contribution >= 0.6 is 0 Å². The van der Waals surface area contributed by atoms with E-state index in [1.807, 2.05) is 0 Å². The average molecular weight is 413 g/mol. The number of nitro groups is 1. The minimum Gasteiger partial charge on any atom is -0.478 e. The van der Waals surface area contributed by atoms with Crippen LogP contribution in [-0.4, -0.2) is 24.4 Å². The highest BCUT2D eigenvalue weighted by Crippen LogP contribution is 2.32. The number of ether oxygens (including phenoxy) is 1. The molecule has 29 heavy (non-hydrogen) atoms. The molecule has 3 aromatic carbocycles. The van der Waals surface area contributed by atoms with E-state index in [1.165, 1.54) is 25.1 Å². The first-order valence-corrected chi connectivity index (χ1v) is 9.79. The Kier molecular flexibility index (Phi) is 5.33. The monoisotopic (exact) mass is 413 g/mol. The predicted octanol–water partition coefficient (Wildman–Crippen LogP) is 4.23. The number of sulfone groups is 1. The lowest BCUT2D eigenvalue weighted by Gasteiger charge is -2.12. The summed E-state index contributed by atoms with van der Waals surface area (Å²) in [7, 11) is -4.37. The van der Waals surface area contributed by atoms with E-state index < -0.39 is 31.2 Å². The third-order valence-corrected chi connectivity index (χ3v) is 5.93. The molecular formula is C20H15NO7S. The van der Waals surface area contributed by atoms with Crippen LogP contribution in [0.2, 0.25) is 0 Å². The fourth-order valence-electron chi connectivity index (χ4n) is 2.67. The molecule has 0 aliphatic heterocycles. The number of aromatic carboxylic acids is 1. The molecule has 1 N–H and O–H groups in total. The van der Waals surface area contributed by atoms with Crippen LogP contribution in [0.25, 0.3) is 0 Å². The molecule has 0 atom stereocenters. The Morgan fingerprint density at radius 1 is 1.00 bits per heavy atom. The second kappa shape index (κ2) is 7.72. The van der Waals surface area contributed by atoms with E-state index in [0.29, 0.717) is 5.75 Å². The Morgan fingerprint density at radius 2 is 1.69 bits per heavy atom. The summed E-state index contributed by atoms with van der Waals surface area (Å²) in [6.07, 6.45) is 0. The molecule has 0 spiro atoms. The molecule has 3 rings (SSSR count). The lowest BCUT2D eigenvalue weighted by Crippen LogP contribution is -2.10. The van der Waals surface area contributed by atoms with E-state index in [2.05, 4.69) is 0 Å². The largest absolute Gasteiger partial charge is 0.478 e. The van der Waals surface area contributed by atoms with Gasteiger partial charge in [0.05, 0.1) is 20.3 Å².